The maximum Gasteiger partial charge on any atom is 0.253 e. The molecular formula is C39H51BCl2FNO. The number of hydrogen-bond donors (Lipinski definition) is 0. The fraction of sp³-hybridized carbons (Fsp3) is 0.462. The largest absolute Gasteiger partial charge is 0.374 e. The third-order valence-electron chi connectivity index (χ3n) is 9.66. The van der Waals surface area contributed by atoms with E-state index in [4.69, 9.17) is 23.2 Å². The van der Waals surface area contributed by atoms with Gasteiger partial charge in [-0.1, -0.05) is 119 Å². The molecule has 242 valence electrons. The molecule has 0 N–H and O–H groups in total. The van der Waals surface area contributed by atoms with Gasteiger partial charge in [0.2, 0.25) is 0 Å². The zero-order chi connectivity index (χ0) is 33.3. The highest BCUT2D eigenvalue weighted by Gasteiger charge is 2.49. The molecule has 3 aromatic carbocycles. The molecule has 0 radical (unpaired) electrons. The van der Waals surface area contributed by atoms with Crippen LogP contribution in [0, 0.1) is 18.7 Å². The predicted molar refractivity (Wildman–Crippen MR) is 194 cm³/mol. The van der Waals surface area contributed by atoms with Gasteiger partial charge in [-0.25, -0.2) is 4.39 Å². The van der Waals surface area contributed by atoms with Gasteiger partial charge in [0.05, 0.1) is 0 Å². The van der Waals surface area contributed by atoms with Crippen LogP contribution in [0.1, 0.15) is 101 Å². The van der Waals surface area contributed by atoms with Crippen LogP contribution in [0.4, 0.5) is 4.39 Å². The van der Waals surface area contributed by atoms with Crippen LogP contribution in [0.25, 0.3) is 0 Å². The first-order valence-corrected chi connectivity index (χ1v) is 17.4. The van der Waals surface area contributed by atoms with E-state index in [1.807, 2.05) is 31.9 Å². The molecule has 2 atom stereocenters. The lowest BCUT2D eigenvalue weighted by Crippen LogP contribution is -2.57. The van der Waals surface area contributed by atoms with Gasteiger partial charge in [-0.2, -0.15) is 0 Å². The van der Waals surface area contributed by atoms with Crippen LogP contribution in [-0.2, 0) is 16.8 Å². The van der Waals surface area contributed by atoms with Crippen molar-refractivity contribution in [2.75, 3.05) is 7.05 Å². The van der Waals surface area contributed by atoms with Crippen molar-refractivity contribution >= 4 is 41.1 Å². The van der Waals surface area contributed by atoms with Crippen LogP contribution < -0.4 is 5.46 Å². The number of carbonyl (C=O) groups is 1. The van der Waals surface area contributed by atoms with Crippen molar-refractivity contribution in [3.8, 4) is 0 Å². The summed E-state index contributed by atoms with van der Waals surface area (Å²) in [5.41, 5.74) is 7.01. The minimum Gasteiger partial charge on any atom is -0.374 e. The van der Waals surface area contributed by atoms with Gasteiger partial charge in [0.1, 0.15) is 11.5 Å². The van der Waals surface area contributed by atoms with E-state index in [0.29, 0.717) is 5.68 Å². The second kappa shape index (κ2) is 16.8. The topological polar surface area (TPSA) is 20.3 Å². The van der Waals surface area contributed by atoms with Crippen molar-refractivity contribution in [2.24, 2.45) is 5.92 Å². The molecule has 1 unspecified atom stereocenters. The lowest BCUT2D eigenvalue weighted by atomic mass is 9.33. The Morgan fingerprint density at radius 1 is 0.978 bits per heavy atom. The molecule has 4 rings (SSSR count). The van der Waals surface area contributed by atoms with Crippen molar-refractivity contribution in [1.29, 1.82) is 0 Å². The average Bonchev–Trinajstić information content (AvgIpc) is 3.02. The van der Waals surface area contributed by atoms with Gasteiger partial charge >= 0.3 is 0 Å². The minimum absolute atomic E-state index is 0.0294. The fourth-order valence-electron chi connectivity index (χ4n) is 7.35. The maximum absolute atomic E-state index is 13.9. The van der Waals surface area contributed by atoms with Crippen molar-refractivity contribution in [3.63, 3.8) is 0 Å². The second-order valence-corrected chi connectivity index (χ2v) is 13.6. The van der Waals surface area contributed by atoms with Gasteiger partial charge in [0.25, 0.3) is 6.71 Å². The molecule has 1 heterocycles. The summed E-state index contributed by atoms with van der Waals surface area (Å²) in [6, 6.07) is 19.3. The normalized spacial score (nSPS) is 16.0. The van der Waals surface area contributed by atoms with Crippen molar-refractivity contribution < 1.29 is 9.18 Å². The van der Waals surface area contributed by atoms with Gasteiger partial charge < -0.3 is 9.69 Å². The molecule has 0 fully saturated rings. The number of carbonyl (C=O) groups excluding carboxylic acids is 1. The Morgan fingerprint density at radius 3 is 2.18 bits per heavy atom. The van der Waals surface area contributed by atoms with Gasteiger partial charge in [-0.05, 0) is 85.2 Å². The monoisotopic (exact) mass is 649 g/mol. The zero-order valence-electron chi connectivity index (χ0n) is 28.4. The molecule has 0 aromatic heterocycles. The lowest BCUT2D eigenvalue weighted by molar-refractivity contribution is -0.118. The lowest BCUT2D eigenvalue weighted by Gasteiger charge is -2.46. The first kappa shape index (κ1) is 36.9. The van der Waals surface area contributed by atoms with E-state index in [-0.39, 0.29) is 29.8 Å². The molecule has 0 saturated carbocycles. The Balaban J connectivity index is 0.000000248. The summed E-state index contributed by atoms with van der Waals surface area (Å²) in [5, 5.41) is 1.58. The van der Waals surface area contributed by atoms with Crippen molar-refractivity contribution in [1.82, 2.24) is 4.90 Å². The standard InChI is InChI=1S/C21H25Cl2N.C18H26BFO/c1-5-6-20(18-10-7-15(2)21(23)13-18)16(3)24(4)14-17-8-11-19(22)12-9-17;1-5-10-18(11-6-2)14(7-3)17(21)19(4)16-9-8-13(20)12-15(16)18/h7-13,20H,3,5-6,14H2,1-2,4H3;8-9,12,14H,5-7,10-11H2,1-4H3/t20-;/m1./s1. The number of halogens is 3. The molecule has 0 aliphatic carbocycles. The Morgan fingerprint density at radius 2 is 1.62 bits per heavy atom. The van der Waals surface area contributed by atoms with Crippen molar-refractivity contribution in [2.45, 2.75) is 104 Å². The molecule has 0 spiro atoms. The number of nitrogens with zero attached hydrogens (tertiary/aromatic N) is 1. The predicted octanol–water partition coefficient (Wildman–Crippen LogP) is 11.0. The van der Waals surface area contributed by atoms with E-state index in [9.17, 15) is 9.18 Å². The summed E-state index contributed by atoms with van der Waals surface area (Å²) in [5.74, 6) is 0.133. The highest BCUT2D eigenvalue weighted by atomic mass is 35.5. The molecule has 6 heteroatoms. The first-order valence-electron chi connectivity index (χ1n) is 16.7. The number of fused-ring (bicyclic) bond motifs is 1. The van der Waals surface area contributed by atoms with Gasteiger partial charge in [0.15, 0.2) is 0 Å². The molecule has 45 heavy (non-hydrogen) atoms. The molecule has 2 nitrogen and oxygen atoms in total. The van der Waals surface area contributed by atoms with Gasteiger partial charge in [-0.15, -0.1) is 0 Å². The van der Waals surface area contributed by atoms with Crippen molar-refractivity contribution in [3.05, 3.63) is 111 Å². The van der Waals surface area contributed by atoms with E-state index < -0.39 is 0 Å². The number of aryl methyl sites for hydroxylation is 1. The van der Waals surface area contributed by atoms with Crippen LogP contribution in [0.3, 0.4) is 0 Å². The summed E-state index contributed by atoms with van der Waals surface area (Å²) in [7, 11) is 2.09. The molecular weight excluding hydrogens is 599 g/mol. The molecule has 1 aliphatic rings. The van der Waals surface area contributed by atoms with E-state index in [1.54, 1.807) is 6.07 Å². The van der Waals surface area contributed by atoms with Crippen LogP contribution in [0.15, 0.2) is 72.9 Å². The summed E-state index contributed by atoms with van der Waals surface area (Å²) >= 11 is 12.3. The quantitative estimate of drug-likeness (QED) is 0.182. The summed E-state index contributed by atoms with van der Waals surface area (Å²) < 4.78 is 13.9. The number of rotatable bonds is 12. The Hall–Kier alpha value is -2.56. The first-order chi connectivity index (χ1) is 21.4. The third-order valence-corrected chi connectivity index (χ3v) is 10.3. The maximum atomic E-state index is 13.9. The van der Waals surface area contributed by atoms with Crippen LogP contribution >= 0.6 is 23.2 Å². The molecule has 1 aliphatic heterocycles. The van der Waals surface area contributed by atoms with E-state index >= 15 is 0 Å². The molecule has 0 amide bonds. The Kier molecular flexibility index (Phi) is 13.8. The fourth-order valence-corrected chi connectivity index (χ4v) is 7.67. The molecule has 0 bridgehead atoms. The number of allylic oxidation sites excluding steroid dienone is 1. The highest BCUT2D eigenvalue weighted by Crippen LogP contribution is 2.45. The van der Waals surface area contributed by atoms with E-state index in [2.05, 4.69) is 76.6 Å². The number of benzene rings is 3. The van der Waals surface area contributed by atoms with Gasteiger partial charge in [0, 0.05) is 46.6 Å². The molecule has 0 saturated heterocycles. The third kappa shape index (κ3) is 8.63. The summed E-state index contributed by atoms with van der Waals surface area (Å²) in [6.45, 7) is 17.7. The van der Waals surface area contributed by atoms with Crippen LogP contribution in [-0.4, -0.2) is 24.3 Å². The van der Waals surface area contributed by atoms with E-state index in [1.165, 1.54) is 17.2 Å². The highest BCUT2D eigenvalue weighted by molar-refractivity contribution is 6.99. The Labute approximate surface area is 282 Å². The number of hydrogen-bond acceptors (Lipinski definition) is 2. The van der Waals surface area contributed by atoms with Crippen LogP contribution in [0.5, 0.6) is 0 Å². The molecule has 3 aromatic rings. The van der Waals surface area contributed by atoms with Crippen LogP contribution in [0.2, 0.25) is 16.9 Å². The summed E-state index contributed by atoms with van der Waals surface area (Å²) in [6.07, 6.45) is 6.98. The minimum atomic E-state index is -0.179. The smallest absolute Gasteiger partial charge is 0.253 e. The number of likely N-dealkylation sites (N-methyl/N-ethyl adjacent to an activating group) is 1. The average molecular weight is 651 g/mol. The second-order valence-electron chi connectivity index (χ2n) is 12.8. The van der Waals surface area contributed by atoms with Gasteiger partial charge in [-0.3, -0.25) is 0 Å². The zero-order valence-corrected chi connectivity index (χ0v) is 29.9. The SMILES string of the molecule is C=C([C@@H](CCC)c1ccc(C)c(Cl)c1)N(C)Cc1ccc(Cl)cc1.CCCC1(CCC)c2cc(F)ccc2B(C)C(=O)C1CC. The van der Waals surface area contributed by atoms with E-state index in [0.717, 1.165) is 83.8 Å². The summed E-state index contributed by atoms with van der Waals surface area (Å²) in [4.78, 5) is 15.1. The Bertz CT molecular complexity index is 1430.